The van der Waals surface area contributed by atoms with E-state index in [0.29, 0.717) is 31.6 Å². The van der Waals surface area contributed by atoms with Gasteiger partial charge < -0.3 is 4.74 Å². The summed E-state index contributed by atoms with van der Waals surface area (Å²) in [5.41, 5.74) is 0.437. The Bertz CT molecular complexity index is 931. The molecule has 6 nitrogen and oxygen atoms in total. The summed E-state index contributed by atoms with van der Waals surface area (Å²) in [6.07, 6.45) is 7.97. The van der Waals surface area contributed by atoms with Gasteiger partial charge >= 0.3 is 0 Å². The molecule has 2 aliphatic rings. The Morgan fingerprint density at radius 1 is 1.16 bits per heavy atom. The van der Waals surface area contributed by atoms with Crippen molar-refractivity contribution in [2.75, 3.05) is 18.1 Å². The summed E-state index contributed by atoms with van der Waals surface area (Å²) in [5.74, 6) is 0.926. The molecule has 1 N–H and O–H groups in total. The van der Waals surface area contributed by atoms with Gasteiger partial charge in [-0.25, -0.2) is 8.42 Å². The number of amides is 2. The lowest BCUT2D eigenvalue weighted by molar-refractivity contribution is -0.136. The average Bonchev–Trinajstić information content (AvgIpc) is 3.51. The molecule has 1 unspecified atom stereocenters. The molecule has 1 atom stereocenters. The third kappa shape index (κ3) is 7.49. The number of carbonyl (C=O) groups is 2. The van der Waals surface area contributed by atoms with E-state index in [4.69, 9.17) is 4.74 Å². The fourth-order valence-electron chi connectivity index (χ4n) is 3.80. The fraction of sp³-hybridized carbons (Fsp3) is 0.583. The summed E-state index contributed by atoms with van der Waals surface area (Å²) in [6.45, 7) is 4.63. The molecule has 31 heavy (non-hydrogen) atoms. The van der Waals surface area contributed by atoms with Crippen molar-refractivity contribution in [3.8, 4) is 5.75 Å². The number of piperidine rings is 1. The molecule has 1 saturated heterocycles. The molecule has 3 rings (SSSR count). The van der Waals surface area contributed by atoms with Gasteiger partial charge in [-0.15, -0.1) is 0 Å². The van der Waals surface area contributed by atoms with E-state index < -0.39 is 15.3 Å². The van der Waals surface area contributed by atoms with Crippen LogP contribution in [-0.2, 0) is 24.8 Å². The first-order valence-electron chi connectivity index (χ1n) is 11.1. The minimum atomic E-state index is -3.26. The molecular formula is C24H33NO5S. The van der Waals surface area contributed by atoms with Crippen LogP contribution in [0.5, 0.6) is 5.75 Å². The zero-order chi connectivity index (χ0) is 22.5. The second kappa shape index (κ2) is 9.98. The van der Waals surface area contributed by atoms with Crippen LogP contribution < -0.4 is 10.1 Å². The van der Waals surface area contributed by atoms with Crippen LogP contribution in [-0.4, -0.2) is 38.3 Å². The predicted octanol–water partition coefficient (Wildman–Crippen LogP) is 3.56. The van der Waals surface area contributed by atoms with Crippen molar-refractivity contribution in [3.63, 3.8) is 0 Å². The topological polar surface area (TPSA) is 89.5 Å². The van der Waals surface area contributed by atoms with Crippen LogP contribution in [0.15, 0.2) is 36.4 Å². The molecule has 1 aromatic rings. The summed E-state index contributed by atoms with van der Waals surface area (Å²) in [4.78, 5) is 22.9. The quantitative estimate of drug-likeness (QED) is 0.414. The SMILES string of the molecule is CC(C)(CS(=O)(=O)CC/C=C/CC1CCC(=O)NC1=O)c1cccc(OCC2CC2)c1. The van der Waals surface area contributed by atoms with Crippen molar-refractivity contribution in [1.82, 2.24) is 5.32 Å². The summed E-state index contributed by atoms with van der Waals surface area (Å²) in [7, 11) is -3.26. The molecule has 170 valence electrons. The third-order valence-corrected chi connectivity index (χ3v) is 7.93. The first kappa shape index (κ1) is 23.5. The average molecular weight is 448 g/mol. The number of imide groups is 1. The van der Waals surface area contributed by atoms with Gasteiger partial charge in [-0.2, -0.15) is 0 Å². The van der Waals surface area contributed by atoms with E-state index in [-0.39, 0.29) is 29.2 Å². The number of hydrogen-bond acceptors (Lipinski definition) is 5. The lowest BCUT2D eigenvalue weighted by Gasteiger charge is -2.25. The molecule has 1 aromatic carbocycles. The Morgan fingerprint density at radius 2 is 1.94 bits per heavy atom. The second-order valence-corrected chi connectivity index (χ2v) is 11.6. The Kier molecular flexibility index (Phi) is 7.57. The molecule has 0 bridgehead atoms. The maximum Gasteiger partial charge on any atom is 0.229 e. The van der Waals surface area contributed by atoms with Gasteiger partial charge in [0, 0.05) is 17.8 Å². The number of carbonyl (C=O) groups excluding carboxylic acids is 2. The van der Waals surface area contributed by atoms with Crippen molar-refractivity contribution < 1.29 is 22.7 Å². The number of hydrogen-bond donors (Lipinski definition) is 1. The van der Waals surface area contributed by atoms with E-state index in [9.17, 15) is 18.0 Å². The van der Waals surface area contributed by atoms with Gasteiger partial charge in [0.1, 0.15) is 5.75 Å². The first-order chi connectivity index (χ1) is 14.6. The van der Waals surface area contributed by atoms with E-state index >= 15 is 0 Å². The zero-order valence-corrected chi connectivity index (χ0v) is 19.2. The van der Waals surface area contributed by atoms with Crippen molar-refractivity contribution in [3.05, 3.63) is 42.0 Å². The number of nitrogens with one attached hydrogen (secondary N) is 1. The molecule has 2 amide bonds. The highest BCUT2D eigenvalue weighted by molar-refractivity contribution is 7.91. The number of benzene rings is 1. The predicted molar refractivity (Wildman–Crippen MR) is 121 cm³/mol. The standard InChI is InChI=1S/C24H33NO5S/c1-24(2,20-8-6-9-21(15-20)30-16-18-10-11-18)17-31(28,29)14-5-3-4-7-19-12-13-22(26)25-23(19)27/h3-4,6,8-9,15,18-19H,5,7,10-14,16-17H2,1-2H3,(H,25,26,27)/b4-3+. The van der Waals surface area contributed by atoms with Crippen LogP contribution in [0.3, 0.4) is 0 Å². The molecule has 1 aliphatic carbocycles. The summed E-state index contributed by atoms with van der Waals surface area (Å²) in [5, 5.41) is 2.34. The van der Waals surface area contributed by atoms with E-state index in [1.165, 1.54) is 12.8 Å². The van der Waals surface area contributed by atoms with Gasteiger partial charge in [0.25, 0.3) is 0 Å². The van der Waals surface area contributed by atoms with Gasteiger partial charge in [0.2, 0.25) is 11.8 Å². The van der Waals surface area contributed by atoms with Gasteiger partial charge in [-0.1, -0.05) is 38.1 Å². The van der Waals surface area contributed by atoms with Gasteiger partial charge in [-0.3, -0.25) is 14.9 Å². The van der Waals surface area contributed by atoms with E-state index in [2.05, 4.69) is 5.32 Å². The number of rotatable bonds is 11. The Hall–Kier alpha value is -2.15. The third-order valence-electron chi connectivity index (χ3n) is 5.91. The Balaban J connectivity index is 1.48. The molecule has 0 spiro atoms. The molecule has 0 aromatic heterocycles. The Labute approximate surface area is 185 Å². The summed E-state index contributed by atoms with van der Waals surface area (Å²) < 4.78 is 31.3. The highest BCUT2D eigenvalue weighted by Gasteiger charge is 2.29. The van der Waals surface area contributed by atoms with Gasteiger partial charge in [0.15, 0.2) is 9.84 Å². The largest absolute Gasteiger partial charge is 0.493 e. The molecular weight excluding hydrogens is 414 g/mol. The van der Waals surface area contributed by atoms with E-state index in [1.807, 2.05) is 50.3 Å². The molecule has 1 saturated carbocycles. The fourth-order valence-corrected chi connectivity index (χ4v) is 5.71. The zero-order valence-electron chi connectivity index (χ0n) is 18.4. The summed E-state index contributed by atoms with van der Waals surface area (Å²) in [6, 6.07) is 7.75. The lowest BCUT2D eigenvalue weighted by atomic mass is 9.87. The normalized spacial score (nSPS) is 20.1. The molecule has 1 heterocycles. The minimum absolute atomic E-state index is 0.0626. The highest BCUT2D eigenvalue weighted by Crippen LogP contribution is 2.32. The summed E-state index contributed by atoms with van der Waals surface area (Å²) >= 11 is 0. The number of sulfone groups is 1. The van der Waals surface area contributed by atoms with Crippen molar-refractivity contribution in [2.24, 2.45) is 11.8 Å². The molecule has 1 aliphatic heterocycles. The number of ether oxygens (including phenoxy) is 1. The smallest absolute Gasteiger partial charge is 0.229 e. The molecule has 0 radical (unpaired) electrons. The van der Waals surface area contributed by atoms with E-state index in [1.54, 1.807) is 0 Å². The second-order valence-electron chi connectivity index (χ2n) is 9.40. The van der Waals surface area contributed by atoms with Gasteiger partial charge in [-0.05, 0) is 55.7 Å². The van der Waals surface area contributed by atoms with Crippen LogP contribution in [0, 0.1) is 11.8 Å². The monoisotopic (exact) mass is 447 g/mol. The van der Waals surface area contributed by atoms with Crippen LogP contribution in [0.2, 0.25) is 0 Å². The van der Waals surface area contributed by atoms with Crippen molar-refractivity contribution >= 4 is 21.7 Å². The van der Waals surface area contributed by atoms with Crippen LogP contribution in [0.1, 0.15) is 57.9 Å². The van der Waals surface area contributed by atoms with Crippen LogP contribution in [0.4, 0.5) is 0 Å². The molecule has 7 heteroatoms. The van der Waals surface area contributed by atoms with Crippen molar-refractivity contribution in [1.29, 1.82) is 0 Å². The number of allylic oxidation sites excluding steroid dienone is 2. The van der Waals surface area contributed by atoms with Crippen LogP contribution >= 0.6 is 0 Å². The molecule has 2 fully saturated rings. The van der Waals surface area contributed by atoms with Gasteiger partial charge in [0.05, 0.1) is 18.1 Å². The Morgan fingerprint density at radius 3 is 2.65 bits per heavy atom. The highest BCUT2D eigenvalue weighted by atomic mass is 32.2. The maximum atomic E-state index is 12.7. The minimum Gasteiger partial charge on any atom is -0.493 e. The first-order valence-corrected chi connectivity index (χ1v) is 12.9. The maximum absolute atomic E-state index is 12.7. The van der Waals surface area contributed by atoms with Crippen molar-refractivity contribution in [2.45, 2.75) is 57.8 Å². The lowest BCUT2D eigenvalue weighted by Crippen LogP contribution is -2.40. The van der Waals surface area contributed by atoms with E-state index in [0.717, 1.165) is 17.9 Å². The van der Waals surface area contributed by atoms with Crippen LogP contribution in [0.25, 0.3) is 0 Å².